The zero-order valence-electron chi connectivity index (χ0n) is 11.3. The third-order valence-corrected chi connectivity index (χ3v) is 3.08. The largest absolute Gasteiger partial charge is 0.322 e. The van der Waals surface area contributed by atoms with E-state index in [0.29, 0.717) is 6.54 Å². The van der Waals surface area contributed by atoms with E-state index in [9.17, 15) is 9.18 Å². The molecule has 20 heavy (non-hydrogen) atoms. The van der Waals surface area contributed by atoms with Crippen LogP contribution in [0.2, 0.25) is 0 Å². The van der Waals surface area contributed by atoms with Gasteiger partial charge in [-0.05, 0) is 24.6 Å². The van der Waals surface area contributed by atoms with Crippen LogP contribution in [0.5, 0.6) is 0 Å². The molecule has 0 radical (unpaired) electrons. The molecule has 2 aromatic carbocycles. The summed E-state index contributed by atoms with van der Waals surface area (Å²) in [6.07, 6.45) is 0. The maximum Gasteiger partial charge on any atom is 0.241 e. The Morgan fingerprint density at radius 3 is 2.40 bits per heavy atom. The number of carbonyl (C=O) groups is 1. The highest BCUT2D eigenvalue weighted by molar-refractivity contribution is 5.94. The number of anilines is 1. The highest BCUT2D eigenvalue weighted by Gasteiger charge is 2.17. The van der Waals surface area contributed by atoms with Crippen molar-refractivity contribution < 1.29 is 9.18 Å². The van der Waals surface area contributed by atoms with Gasteiger partial charge in [-0.25, -0.2) is 4.39 Å². The van der Waals surface area contributed by atoms with Crippen LogP contribution in [0.4, 0.5) is 10.1 Å². The molecular formula is C16H17FN2O. The number of halogens is 1. The monoisotopic (exact) mass is 272 g/mol. The molecule has 4 heteroatoms. The maximum absolute atomic E-state index is 13.9. The van der Waals surface area contributed by atoms with Gasteiger partial charge in [0.15, 0.2) is 0 Å². The van der Waals surface area contributed by atoms with Crippen LogP contribution in [0, 0.1) is 12.7 Å². The van der Waals surface area contributed by atoms with Gasteiger partial charge in [0.2, 0.25) is 5.91 Å². The summed E-state index contributed by atoms with van der Waals surface area (Å²) in [6.45, 7) is 2.14. The number of nitrogens with zero attached hydrogens (tertiary/aromatic N) is 1. The minimum atomic E-state index is -0.429. The van der Waals surface area contributed by atoms with Crippen molar-refractivity contribution in [1.82, 2.24) is 0 Å². The third-order valence-electron chi connectivity index (χ3n) is 3.08. The second-order valence-electron chi connectivity index (χ2n) is 4.62. The molecule has 0 unspecified atom stereocenters. The number of aryl methyl sites for hydroxylation is 1. The molecule has 2 aromatic rings. The number of benzene rings is 2. The van der Waals surface area contributed by atoms with Crippen molar-refractivity contribution in [2.75, 3.05) is 11.4 Å². The molecule has 0 aliphatic rings. The minimum Gasteiger partial charge on any atom is -0.322 e. The smallest absolute Gasteiger partial charge is 0.241 e. The number of nitrogens with two attached hydrogens (primary N) is 1. The van der Waals surface area contributed by atoms with Gasteiger partial charge in [0.1, 0.15) is 5.82 Å². The number of amides is 1. The summed E-state index contributed by atoms with van der Waals surface area (Å²) in [5.41, 5.74) is 7.74. The van der Waals surface area contributed by atoms with Crippen molar-refractivity contribution in [3.05, 3.63) is 65.5 Å². The SMILES string of the molecule is Cc1ccc(CN(C(=O)CN)c2ccccc2F)cc1. The predicted octanol–water partition coefficient (Wildman–Crippen LogP) is 2.63. The summed E-state index contributed by atoms with van der Waals surface area (Å²) < 4.78 is 13.9. The van der Waals surface area contributed by atoms with Crippen molar-refractivity contribution in [2.45, 2.75) is 13.5 Å². The van der Waals surface area contributed by atoms with Gasteiger partial charge in [0, 0.05) is 0 Å². The van der Waals surface area contributed by atoms with Gasteiger partial charge in [-0.3, -0.25) is 4.79 Å². The van der Waals surface area contributed by atoms with E-state index in [1.807, 2.05) is 31.2 Å². The molecule has 0 aromatic heterocycles. The Kier molecular flexibility index (Phi) is 4.48. The zero-order chi connectivity index (χ0) is 14.5. The molecule has 2 N–H and O–H groups in total. The molecule has 0 aliphatic carbocycles. The number of para-hydroxylation sites is 1. The van der Waals surface area contributed by atoms with E-state index in [2.05, 4.69) is 0 Å². The fourth-order valence-corrected chi connectivity index (χ4v) is 1.96. The van der Waals surface area contributed by atoms with Crippen molar-refractivity contribution in [1.29, 1.82) is 0 Å². The number of carbonyl (C=O) groups excluding carboxylic acids is 1. The summed E-state index contributed by atoms with van der Waals surface area (Å²) in [4.78, 5) is 13.3. The Bertz CT molecular complexity index is 596. The molecule has 0 aliphatic heterocycles. The van der Waals surface area contributed by atoms with Crippen LogP contribution in [0.3, 0.4) is 0 Å². The van der Waals surface area contributed by atoms with Gasteiger partial charge in [0.25, 0.3) is 0 Å². The Hall–Kier alpha value is -2.20. The van der Waals surface area contributed by atoms with Crippen LogP contribution >= 0.6 is 0 Å². The molecule has 0 bridgehead atoms. The Labute approximate surface area is 117 Å². The second-order valence-corrected chi connectivity index (χ2v) is 4.62. The molecule has 0 spiro atoms. The standard InChI is InChI=1S/C16H17FN2O/c1-12-6-8-13(9-7-12)11-19(16(20)10-18)15-5-3-2-4-14(15)17/h2-9H,10-11,18H2,1H3. The van der Waals surface area contributed by atoms with E-state index < -0.39 is 5.82 Å². The van der Waals surface area contributed by atoms with Crippen LogP contribution in [0.15, 0.2) is 48.5 Å². The predicted molar refractivity (Wildman–Crippen MR) is 77.8 cm³/mol. The first-order valence-corrected chi connectivity index (χ1v) is 6.42. The molecule has 0 fully saturated rings. The lowest BCUT2D eigenvalue weighted by atomic mass is 10.1. The van der Waals surface area contributed by atoms with E-state index in [4.69, 9.17) is 5.73 Å². The summed E-state index contributed by atoms with van der Waals surface area (Å²) in [7, 11) is 0. The summed E-state index contributed by atoms with van der Waals surface area (Å²) in [6, 6.07) is 14.0. The first-order chi connectivity index (χ1) is 9.61. The number of hydrogen-bond donors (Lipinski definition) is 1. The Morgan fingerprint density at radius 2 is 1.80 bits per heavy atom. The Balaban J connectivity index is 2.31. The molecule has 2 rings (SSSR count). The lowest BCUT2D eigenvalue weighted by Gasteiger charge is -2.23. The molecule has 0 heterocycles. The first kappa shape index (κ1) is 14.2. The Morgan fingerprint density at radius 1 is 1.15 bits per heavy atom. The van der Waals surface area contributed by atoms with E-state index in [0.717, 1.165) is 11.1 Å². The van der Waals surface area contributed by atoms with Gasteiger partial charge in [-0.1, -0.05) is 42.0 Å². The lowest BCUT2D eigenvalue weighted by Crippen LogP contribution is -2.36. The zero-order valence-corrected chi connectivity index (χ0v) is 11.3. The molecule has 0 saturated heterocycles. The van der Waals surface area contributed by atoms with Gasteiger partial charge in [-0.2, -0.15) is 0 Å². The van der Waals surface area contributed by atoms with E-state index >= 15 is 0 Å². The van der Waals surface area contributed by atoms with Gasteiger partial charge < -0.3 is 10.6 Å². The molecule has 3 nitrogen and oxygen atoms in total. The fourth-order valence-electron chi connectivity index (χ4n) is 1.96. The quantitative estimate of drug-likeness (QED) is 0.930. The fraction of sp³-hybridized carbons (Fsp3) is 0.188. The normalized spacial score (nSPS) is 10.3. The minimum absolute atomic E-state index is 0.153. The van der Waals surface area contributed by atoms with Gasteiger partial charge >= 0.3 is 0 Å². The number of rotatable bonds is 4. The van der Waals surface area contributed by atoms with E-state index in [1.165, 1.54) is 11.0 Å². The highest BCUT2D eigenvalue weighted by atomic mass is 19.1. The third kappa shape index (κ3) is 3.22. The summed E-state index contributed by atoms with van der Waals surface area (Å²) in [5, 5.41) is 0. The van der Waals surface area contributed by atoms with Gasteiger partial charge in [-0.15, -0.1) is 0 Å². The number of hydrogen-bond acceptors (Lipinski definition) is 2. The highest BCUT2D eigenvalue weighted by Crippen LogP contribution is 2.21. The molecule has 1 amide bonds. The van der Waals surface area contributed by atoms with Crippen molar-refractivity contribution in [3.63, 3.8) is 0 Å². The first-order valence-electron chi connectivity index (χ1n) is 6.42. The van der Waals surface area contributed by atoms with E-state index in [-0.39, 0.29) is 18.1 Å². The van der Waals surface area contributed by atoms with Crippen LogP contribution in [0.1, 0.15) is 11.1 Å². The van der Waals surface area contributed by atoms with Crippen molar-refractivity contribution in [3.8, 4) is 0 Å². The maximum atomic E-state index is 13.9. The van der Waals surface area contributed by atoms with Gasteiger partial charge in [0.05, 0.1) is 18.8 Å². The molecular weight excluding hydrogens is 255 g/mol. The summed E-state index contributed by atoms with van der Waals surface area (Å²) >= 11 is 0. The van der Waals surface area contributed by atoms with Crippen molar-refractivity contribution in [2.24, 2.45) is 5.73 Å². The second kappa shape index (κ2) is 6.30. The van der Waals surface area contributed by atoms with Crippen LogP contribution < -0.4 is 10.6 Å². The molecule has 104 valence electrons. The van der Waals surface area contributed by atoms with Crippen LogP contribution in [-0.2, 0) is 11.3 Å². The average Bonchev–Trinajstić information content (AvgIpc) is 2.47. The summed E-state index contributed by atoms with van der Waals surface area (Å²) in [5.74, 6) is -0.739. The van der Waals surface area contributed by atoms with E-state index in [1.54, 1.807) is 18.2 Å². The lowest BCUT2D eigenvalue weighted by molar-refractivity contribution is -0.117. The van der Waals surface area contributed by atoms with Crippen molar-refractivity contribution >= 4 is 11.6 Å². The molecule has 0 saturated carbocycles. The van der Waals surface area contributed by atoms with Crippen LogP contribution in [-0.4, -0.2) is 12.5 Å². The van der Waals surface area contributed by atoms with Crippen LogP contribution in [0.25, 0.3) is 0 Å². The molecule has 0 atom stereocenters. The average molecular weight is 272 g/mol. The topological polar surface area (TPSA) is 46.3 Å².